The summed E-state index contributed by atoms with van der Waals surface area (Å²) >= 11 is 0. The van der Waals surface area contributed by atoms with Gasteiger partial charge in [0.2, 0.25) is 0 Å². The molecule has 218 valence electrons. The summed E-state index contributed by atoms with van der Waals surface area (Å²) in [5, 5.41) is 0. The molecule has 0 N–H and O–H groups in total. The van der Waals surface area contributed by atoms with Gasteiger partial charge in [-0.15, -0.1) is 0 Å². The Kier molecular flexibility index (Phi) is 10.6. The summed E-state index contributed by atoms with van der Waals surface area (Å²) in [5.41, 5.74) is 0. The Labute approximate surface area is 196 Å². The highest BCUT2D eigenvalue weighted by Gasteiger charge is 2.94. The largest absolute Gasteiger partial charge is 0.384 e. The zero-order valence-corrected chi connectivity index (χ0v) is 19.3. The van der Waals surface area contributed by atoms with E-state index < -0.39 is 79.0 Å². The molecule has 0 amide bonds. The highest BCUT2D eigenvalue weighted by molar-refractivity contribution is 5.15. The van der Waals surface area contributed by atoms with Gasteiger partial charge in [-0.05, 0) is 18.8 Å². The summed E-state index contributed by atoms with van der Waals surface area (Å²) in [7, 11) is 0. The lowest BCUT2D eigenvalue weighted by molar-refractivity contribution is -0.453. The highest BCUT2D eigenvalue weighted by atomic mass is 19.4. The molecule has 0 saturated carbocycles. The summed E-state index contributed by atoms with van der Waals surface area (Å²) in [6.45, 7) is 3.80. The van der Waals surface area contributed by atoms with Gasteiger partial charge in [-0.1, -0.05) is 46.5 Å². The lowest BCUT2D eigenvalue weighted by Gasteiger charge is -2.43. The normalized spacial score (nSPS) is 15.7. The number of unbranched alkanes of at least 4 members (excludes halogenated alkanes) is 4. The SMILES string of the molecule is CCCCCCCC(F)(F)C(F)(F)C(F)(F)C(F)(F)C(F)(F)C(F)(F)C(F)(F)C(F)(F)CCC(C)C. The van der Waals surface area contributed by atoms with Crippen LogP contribution in [0.15, 0.2) is 0 Å². The molecule has 0 spiro atoms. The van der Waals surface area contributed by atoms with Crippen molar-refractivity contribution in [2.75, 3.05) is 0 Å². The fourth-order valence-electron chi connectivity index (χ4n) is 2.98. The van der Waals surface area contributed by atoms with Crippen LogP contribution in [0.2, 0.25) is 0 Å². The molecule has 0 aromatic carbocycles. The van der Waals surface area contributed by atoms with Crippen molar-refractivity contribution < 1.29 is 70.2 Å². The second kappa shape index (κ2) is 10.9. The topological polar surface area (TPSA) is 0 Å². The molecule has 0 aromatic heterocycles. The van der Waals surface area contributed by atoms with E-state index >= 15 is 0 Å². The fourth-order valence-corrected chi connectivity index (χ4v) is 2.98. The first-order chi connectivity index (χ1) is 15.7. The van der Waals surface area contributed by atoms with Crippen molar-refractivity contribution in [3.05, 3.63) is 0 Å². The van der Waals surface area contributed by atoms with Crippen LogP contribution in [0.4, 0.5) is 70.2 Å². The molecule has 0 aliphatic rings. The standard InChI is InChI=1S/C20H26F16/c1-4-5-6-7-8-10-13(21,22)15(25,26)17(29,30)19(33,34)20(35,36)18(31,32)16(27,28)14(23,24)11-9-12(2)3/h12H,4-11H2,1-3H3. The highest BCUT2D eigenvalue weighted by Crippen LogP contribution is 2.64. The Hall–Kier alpha value is -1.12. The monoisotopic (exact) mass is 570 g/mol. The summed E-state index contributed by atoms with van der Waals surface area (Å²) in [6, 6.07) is 0. The van der Waals surface area contributed by atoms with Crippen LogP contribution in [0, 0.1) is 5.92 Å². The summed E-state index contributed by atoms with van der Waals surface area (Å²) in [6.07, 6.45) is -5.98. The van der Waals surface area contributed by atoms with Gasteiger partial charge < -0.3 is 0 Å². The predicted molar refractivity (Wildman–Crippen MR) is 97.0 cm³/mol. The number of hydrogen-bond acceptors (Lipinski definition) is 0. The summed E-state index contributed by atoms with van der Waals surface area (Å²) in [5.74, 6) is -61.1. The smallest absolute Gasteiger partial charge is 0.200 e. The van der Waals surface area contributed by atoms with Gasteiger partial charge in [-0.3, -0.25) is 0 Å². The van der Waals surface area contributed by atoms with E-state index in [1.54, 1.807) is 6.92 Å². The van der Waals surface area contributed by atoms with Gasteiger partial charge in [0.25, 0.3) is 0 Å². The molecule has 0 rings (SSSR count). The van der Waals surface area contributed by atoms with Crippen molar-refractivity contribution in [3.63, 3.8) is 0 Å². The average molecular weight is 570 g/mol. The zero-order valence-electron chi connectivity index (χ0n) is 19.3. The quantitative estimate of drug-likeness (QED) is 0.128. The second-order valence-electron chi connectivity index (χ2n) is 8.95. The van der Waals surface area contributed by atoms with Gasteiger partial charge in [0.1, 0.15) is 0 Å². The Balaban J connectivity index is 6.34. The van der Waals surface area contributed by atoms with Crippen LogP contribution >= 0.6 is 0 Å². The lowest BCUT2D eigenvalue weighted by Crippen LogP contribution is -2.74. The second-order valence-corrected chi connectivity index (χ2v) is 8.95. The van der Waals surface area contributed by atoms with E-state index in [2.05, 4.69) is 0 Å². The van der Waals surface area contributed by atoms with Gasteiger partial charge in [0.15, 0.2) is 0 Å². The Morgan fingerprint density at radius 3 is 1.06 bits per heavy atom. The van der Waals surface area contributed by atoms with E-state index in [0.29, 0.717) is 12.8 Å². The molecule has 0 radical (unpaired) electrons. The van der Waals surface area contributed by atoms with E-state index in [-0.39, 0.29) is 12.8 Å². The van der Waals surface area contributed by atoms with E-state index in [4.69, 9.17) is 0 Å². The van der Waals surface area contributed by atoms with Crippen LogP contribution in [0.3, 0.4) is 0 Å². The minimum atomic E-state index is -8.34. The van der Waals surface area contributed by atoms with E-state index in [0.717, 1.165) is 13.8 Å². The van der Waals surface area contributed by atoms with Crippen molar-refractivity contribution in [2.45, 2.75) is 120 Å². The molecule has 0 bridgehead atoms. The number of alkyl halides is 16. The van der Waals surface area contributed by atoms with Crippen molar-refractivity contribution in [2.24, 2.45) is 5.92 Å². The maximum atomic E-state index is 13.9. The van der Waals surface area contributed by atoms with Gasteiger partial charge in [0, 0.05) is 12.8 Å². The fraction of sp³-hybridized carbons (Fsp3) is 1.00. The molecule has 36 heavy (non-hydrogen) atoms. The predicted octanol–water partition coefficient (Wildman–Crippen LogP) is 9.87. The molecule has 0 nitrogen and oxygen atoms in total. The first-order valence-electron chi connectivity index (χ1n) is 10.8. The number of rotatable bonds is 16. The summed E-state index contributed by atoms with van der Waals surface area (Å²) in [4.78, 5) is 0. The van der Waals surface area contributed by atoms with E-state index in [9.17, 15) is 70.2 Å². The molecular weight excluding hydrogens is 544 g/mol. The molecule has 0 unspecified atom stereocenters. The van der Waals surface area contributed by atoms with Crippen LogP contribution in [-0.2, 0) is 0 Å². The molecule has 0 aliphatic carbocycles. The Bertz CT molecular complexity index is 696. The van der Waals surface area contributed by atoms with Gasteiger partial charge >= 0.3 is 47.4 Å². The summed E-state index contributed by atoms with van der Waals surface area (Å²) < 4.78 is 221. The van der Waals surface area contributed by atoms with Crippen LogP contribution in [0.25, 0.3) is 0 Å². The van der Waals surface area contributed by atoms with Crippen molar-refractivity contribution in [3.8, 4) is 0 Å². The molecular formula is C20H26F16. The van der Waals surface area contributed by atoms with Crippen molar-refractivity contribution in [1.82, 2.24) is 0 Å². The van der Waals surface area contributed by atoms with Crippen LogP contribution in [0.1, 0.15) is 72.1 Å². The molecule has 0 atom stereocenters. The molecule has 0 saturated heterocycles. The van der Waals surface area contributed by atoms with Gasteiger partial charge in [-0.2, -0.15) is 70.2 Å². The molecule has 16 heteroatoms. The first kappa shape index (κ1) is 34.9. The maximum Gasteiger partial charge on any atom is 0.384 e. The van der Waals surface area contributed by atoms with Gasteiger partial charge in [0.05, 0.1) is 0 Å². The number of hydrogen-bond donors (Lipinski definition) is 0. The lowest BCUT2D eigenvalue weighted by atomic mass is 9.85. The third-order valence-electron chi connectivity index (χ3n) is 5.52. The first-order valence-corrected chi connectivity index (χ1v) is 10.8. The maximum absolute atomic E-state index is 13.9. The van der Waals surface area contributed by atoms with E-state index in [1.165, 1.54) is 0 Å². The van der Waals surface area contributed by atoms with Crippen molar-refractivity contribution in [1.29, 1.82) is 0 Å². The average Bonchev–Trinajstić information content (AvgIpc) is 2.71. The molecule has 0 heterocycles. The molecule has 0 aliphatic heterocycles. The third kappa shape index (κ3) is 5.80. The number of halogens is 16. The van der Waals surface area contributed by atoms with E-state index in [1.807, 2.05) is 0 Å². The minimum Gasteiger partial charge on any atom is -0.200 e. The minimum absolute atomic E-state index is 0.106. The Morgan fingerprint density at radius 2 is 0.722 bits per heavy atom. The molecule has 0 aromatic rings. The Morgan fingerprint density at radius 1 is 0.417 bits per heavy atom. The van der Waals surface area contributed by atoms with Crippen molar-refractivity contribution >= 4 is 0 Å². The van der Waals surface area contributed by atoms with Crippen LogP contribution < -0.4 is 0 Å². The van der Waals surface area contributed by atoms with Gasteiger partial charge in [-0.25, -0.2) is 0 Å². The molecule has 0 fully saturated rings. The van der Waals surface area contributed by atoms with Crippen LogP contribution in [0.5, 0.6) is 0 Å². The van der Waals surface area contributed by atoms with Crippen LogP contribution in [-0.4, -0.2) is 47.4 Å². The zero-order chi connectivity index (χ0) is 29.2. The third-order valence-corrected chi connectivity index (χ3v) is 5.52.